The van der Waals surface area contributed by atoms with Crippen molar-refractivity contribution < 1.29 is 9.72 Å². The lowest BCUT2D eigenvalue weighted by atomic mass is 10.0. The minimum Gasteiger partial charge on any atom is -0.293 e. The molecule has 0 aliphatic heterocycles. The van der Waals surface area contributed by atoms with Crippen LogP contribution in [0.25, 0.3) is 0 Å². The number of hydrogen-bond donors (Lipinski definition) is 0. The SMILES string of the molecule is Cc1cc(C(=O)CCl)c(C#N)cc1[N+](=O)[O-]. The zero-order valence-electron chi connectivity index (χ0n) is 8.36. The number of nitro benzene ring substituents is 1. The predicted molar refractivity (Wildman–Crippen MR) is 57.6 cm³/mol. The fourth-order valence-corrected chi connectivity index (χ4v) is 1.43. The Morgan fingerprint density at radius 2 is 2.25 bits per heavy atom. The smallest absolute Gasteiger partial charge is 0.273 e. The van der Waals surface area contributed by atoms with Crippen molar-refractivity contribution in [3.05, 3.63) is 38.9 Å². The number of carbonyl (C=O) groups excluding carboxylic acids is 1. The van der Waals surface area contributed by atoms with Crippen molar-refractivity contribution in [2.75, 3.05) is 5.88 Å². The van der Waals surface area contributed by atoms with Crippen molar-refractivity contribution in [1.29, 1.82) is 5.26 Å². The van der Waals surface area contributed by atoms with Gasteiger partial charge in [-0.1, -0.05) is 0 Å². The number of halogens is 1. The molecule has 0 spiro atoms. The van der Waals surface area contributed by atoms with Gasteiger partial charge in [-0.15, -0.1) is 11.6 Å². The van der Waals surface area contributed by atoms with Crippen LogP contribution in [-0.2, 0) is 0 Å². The molecule has 6 heteroatoms. The molecular weight excluding hydrogens is 232 g/mol. The van der Waals surface area contributed by atoms with Gasteiger partial charge < -0.3 is 0 Å². The van der Waals surface area contributed by atoms with Crippen LogP contribution in [0.4, 0.5) is 5.69 Å². The molecule has 16 heavy (non-hydrogen) atoms. The summed E-state index contributed by atoms with van der Waals surface area (Å²) in [4.78, 5) is 21.4. The van der Waals surface area contributed by atoms with Gasteiger partial charge in [0.2, 0.25) is 0 Å². The largest absolute Gasteiger partial charge is 0.293 e. The van der Waals surface area contributed by atoms with Gasteiger partial charge in [-0.25, -0.2) is 0 Å². The van der Waals surface area contributed by atoms with Gasteiger partial charge in [0.25, 0.3) is 5.69 Å². The summed E-state index contributed by atoms with van der Waals surface area (Å²) in [5, 5.41) is 19.4. The molecule has 0 bridgehead atoms. The molecule has 1 aromatic rings. The Kier molecular flexibility index (Phi) is 3.59. The summed E-state index contributed by atoms with van der Waals surface area (Å²) in [6.07, 6.45) is 0. The molecule has 82 valence electrons. The molecule has 0 saturated heterocycles. The molecule has 0 saturated carbocycles. The number of alkyl halides is 1. The third-order valence-electron chi connectivity index (χ3n) is 2.08. The van der Waals surface area contributed by atoms with Crippen molar-refractivity contribution in [3.63, 3.8) is 0 Å². The molecule has 1 aromatic carbocycles. The predicted octanol–water partition coefficient (Wildman–Crippen LogP) is 2.20. The summed E-state index contributed by atoms with van der Waals surface area (Å²) in [7, 11) is 0. The molecular formula is C10H7ClN2O3. The Balaban J connectivity index is 3.45. The number of aryl methyl sites for hydroxylation is 1. The van der Waals surface area contributed by atoms with E-state index < -0.39 is 10.7 Å². The van der Waals surface area contributed by atoms with Crippen LogP contribution in [0.2, 0.25) is 0 Å². The van der Waals surface area contributed by atoms with Crippen molar-refractivity contribution in [3.8, 4) is 6.07 Å². The van der Waals surface area contributed by atoms with Crippen LogP contribution < -0.4 is 0 Å². The number of benzene rings is 1. The molecule has 0 aliphatic carbocycles. The highest BCUT2D eigenvalue weighted by Gasteiger charge is 2.18. The fraction of sp³-hybridized carbons (Fsp3) is 0.200. The third-order valence-corrected chi connectivity index (χ3v) is 2.32. The van der Waals surface area contributed by atoms with Crippen LogP contribution in [0.1, 0.15) is 21.5 Å². The molecule has 1 rings (SSSR count). The third kappa shape index (κ3) is 2.18. The molecule has 0 N–H and O–H groups in total. The summed E-state index contributed by atoms with van der Waals surface area (Å²) in [5.41, 5.74) is 0.253. The van der Waals surface area contributed by atoms with Crippen LogP contribution in [0.3, 0.4) is 0 Å². The van der Waals surface area contributed by atoms with Crippen LogP contribution in [-0.4, -0.2) is 16.6 Å². The van der Waals surface area contributed by atoms with Crippen molar-refractivity contribution >= 4 is 23.1 Å². The minimum absolute atomic E-state index is 0.0250. The summed E-state index contributed by atoms with van der Waals surface area (Å²) in [6, 6.07) is 4.16. The molecule has 0 radical (unpaired) electrons. The zero-order chi connectivity index (χ0) is 12.3. The number of ketones is 1. The number of Topliss-reactive ketones (excluding diaryl/α,β-unsaturated/α-hetero) is 1. The maximum atomic E-state index is 11.4. The fourth-order valence-electron chi connectivity index (χ4n) is 1.29. The van der Waals surface area contributed by atoms with Gasteiger partial charge in [-0.2, -0.15) is 5.26 Å². The van der Waals surface area contributed by atoms with E-state index in [1.807, 2.05) is 0 Å². The van der Waals surface area contributed by atoms with Crippen molar-refractivity contribution in [2.45, 2.75) is 6.92 Å². The Morgan fingerprint density at radius 3 is 2.69 bits per heavy atom. The van der Waals surface area contributed by atoms with E-state index >= 15 is 0 Å². The number of hydrogen-bond acceptors (Lipinski definition) is 4. The van der Waals surface area contributed by atoms with E-state index in [0.717, 1.165) is 6.07 Å². The number of carbonyl (C=O) groups is 1. The maximum Gasteiger partial charge on any atom is 0.273 e. The highest BCUT2D eigenvalue weighted by molar-refractivity contribution is 6.30. The quantitative estimate of drug-likeness (QED) is 0.350. The first-order valence-corrected chi connectivity index (χ1v) is 4.83. The highest BCUT2D eigenvalue weighted by atomic mass is 35.5. The molecule has 0 aromatic heterocycles. The van der Waals surface area contributed by atoms with Gasteiger partial charge in [0.05, 0.1) is 16.4 Å². The zero-order valence-corrected chi connectivity index (χ0v) is 9.11. The average Bonchev–Trinajstić information content (AvgIpc) is 2.27. The van der Waals surface area contributed by atoms with Gasteiger partial charge in [0.15, 0.2) is 5.78 Å². The van der Waals surface area contributed by atoms with Gasteiger partial charge in [-0.3, -0.25) is 14.9 Å². The molecule has 0 amide bonds. The first kappa shape index (κ1) is 12.1. The standard InChI is InChI=1S/C10H7ClN2O3/c1-6-2-8(10(14)4-11)7(5-12)3-9(6)13(15)16/h2-3H,4H2,1H3. The second-order valence-corrected chi connectivity index (χ2v) is 3.38. The van der Waals surface area contributed by atoms with Gasteiger partial charge >= 0.3 is 0 Å². The number of nitriles is 1. The van der Waals surface area contributed by atoms with Gasteiger partial charge in [-0.05, 0) is 13.0 Å². The molecule has 0 aliphatic rings. The van der Waals surface area contributed by atoms with E-state index in [2.05, 4.69) is 0 Å². The van der Waals surface area contributed by atoms with Crippen molar-refractivity contribution in [2.24, 2.45) is 0 Å². The topological polar surface area (TPSA) is 84.0 Å². The number of nitrogens with zero attached hydrogens (tertiary/aromatic N) is 2. The van der Waals surface area contributed by atoms with Gasteiger partial charge in [0, 0.05) is 17.2 Å². The summed E-state index contributed by atoms with van der Waals surface area (Å²) < 4.78 is 0. The monoisotopic (exact) mass is 238 g/mol. The van der Waals surface area contributed by atoms with E-state index in [4.69, 9.17) is 16.9 Å². The Bertz CT molecular complexity index is 506. The van der Waals surface area contributed by atoms with Crippen LogP contribution in [0.15, 0.2) is 12.1 Å². The Morgan fingerprint density at radius 1 is 1.62 bits per heavy atom. The highest BCUT2D eigenvalue weighted by Crippen LogP contribution is 2.23. The maximum absolute atomic E-state index is 11.4. The second-order valence-electron chi connectivity index (χ2n) is 3.11. The summed E-state index contributed by atoms with van der Waals surface area (Å²) in [6.45, 7) is 1.50. The van der Waals surface area contributed by atoms with Gasteiger partial charge in [0.1, 0.15) is 6.07 Å². The molecule has 0 unspecified atom stereocenters. The summed E-state index contributed by atoms with van der Waals surface area (Å²) >= 11 is 5.38. The normalized spacial score (nSPS) is 9.56. The molecule has 0 fully saturated rings. The Labute approximate surface area is 96.4 Å². The Hall–Kier alpha value is -1.93. The first-order valence-electron chi connectivity index (χ1n) is 4.29. The van der Waals surface area contributed by atoms with E-state index in [1.165, 1.54) is 13.0 Å². The second kappa shape index (κ2) is 4.73. The van der Waals surface area contributed by atoms with E-state index in [0.29, 0.717) is 5.56 Å². The van der Waals surface area contributed by atoms with Crippen LogP contribution in [0.5, 0.6) is 0 Å². The average molecular weight is 239 g/mol. The molecule has 5 nitrogen and oxygen atoms in total. The lowest BCUT2D eigenvalue weighted by Crippen LogP contribution is -2.05. The molecule has 0 atom stereocenters. The summed E-state index contributed by atoms with van der Waals surface area (Å²) in [5.74, 6) is -0.678. The van der Waals surface area contributed by atoms with Crippen LogP contribution >= 0.6 is 11.6 Å². The number of rotatable bonds is 3. The van der Waals surface area contributed by atoms with E-state index in [1.54, 1.807) is 6.07 Å². The van der Waals surface area contributed by atoms with Crippen molar-refractivity contribution in [1.82, 2.24) is 0 Å². The van der Waals surface area contributed by atoms with E-state index in [9.17, 15) is 14.9 Å². The van der Waals surface area contributed by atoms with Crippen LogP contribution in [0, 0.1) is 28.4 Å². The minimum atomic E-state index is -0.592. The first-order chi connectivity index (χ1) is 7.51. The molecule has 0 heterocycles. The van der Waals surface area contributed by atoms with E-state index in [-0.39, 0.29) is 22.7 Å². The lowest BCUT2D eigenvalue weighted by molar-refractivity contribution is -0.385. The lowest BCUT2D eigenvalue weighted by Gasteiger charge is -2.03. The number of nitro groups is 1.